The van der Waals surface area contributed by atoms with Gasteiger partial charge in [0.25, 0.3) is 0 Å². The van der Waals surface area contributed by atoms with E-state index < -0.39 is 12.2 Å². The Morgan fingerprint density at radius 1 is 1.00 bits per heavy atom. The first kappa shape index (κ1) is 17.8. The van der Waals surface area contributed by atoms with E-state index in [4.69, 9.17) is 19.7 Å². The zero-order valence-electron chi connectivity index (χ0n) is 11.2. The van der Waals surface area contributed by atoms with E-state index in [1.807, 2.05) is 0 Å². The largest absolute Gasteiger partial charge is 0.394 e. The van der Waals surface area contributed by atoms with Crippen molar-refractivity contribution >= 4 is 0 Å². The number of hydrogen-bond donors (Lipinski definition) is 4. The summed E-state index contributed by atoms with van der Waals surface area (Å²) in [4.78, 5) is 0. The van der Waals surface area contributed by atoms with E-state index >= 15 is 0 Å². The van der Waals surface area contributed by atoms with Gasteiger partial charge in [0, 0.05) is 19.7 Å². The van der Waals surface area contributed by atoms with Crippen molar-refractivity contribution in [3.8, 4) is 0 Å². The van der Waals surface area contributed by atoms with Gasteiger partial charge < -0.3 is 30.1 Å². The molecule has 4 N–H and O–H groups in total. The van der Waals surface area contributed by atoms with Gasteiger partial charge in [-0.2, -0.15) is 0 Å². The number of nitrogens with one attached hydrogen (secondary N) is 1. The zero-order chi connectivity index (χ0) is 13.6. The summed E-state index contributed by atoms with van der Waals surface area (Å²) in [6.45, 7) is 4.42. The number of ether oxygens (including phenoxy) is 2. The number of aliphatic hydroxyl groups excluding tert-OH is 3. The highest BCUT2D eigenvalue weighted by Gasteiger charge is 2.06. The molecule has 0 amide bonds. The summed E-state index contributed by atoms with van der Waals surface area (Å²) in [5, 5.41) is 30.0. The topological polar surface area (TPSA) is 91.2 Å². The Bertz CT molecular complexity index is 171. The van der Waals surface area contributed by atoms with Crippen LogP contribution in [-0.4, -0.2) is 73.7 Å². The van der Waals surface area contributed by atoms with Crippen molar-refractivity contribution in [2.24, 2.45) is 0 Å². The molecule has 0 aromatic heterocycles. The van der Waals surface area contributed by atoms with Crippen molar-refractivity contribution in [3.63, 3.8) is 0 Å². The first-order valence-corrected chi connectivity index (χ1v) is 6.53. The molecule has 0 heterocycles. The molecule has 2 atom stereocenters. The molecule has 0 saturated heterocycles. The summed E-state index contributed by atoms with van der Waals surface area (Å²) in [6, 6.07) is 0. The Hall–Kier alpha value is -0.240. The maximum Gasteiger partial charge on any atom is 0.0897 e. The first-order chi connectivity index (χ1) is 8.70. The molecule has 0 aliphatic rings. The number of aliphatic hydroxyl groups is 3. The Labute approximate surface area is 109 Å². The maximum absolute atomic E-state index is 9.50. The zero-order valence-corrected chi connectivity index (χ0v) is 11.2. The fourth-order valence-electron chi connectivity index (χ4n) is 1.23. The lowest BCUT2D eigenvalue weighted by atomic mass is 10.3. The molecule has 0 aromatic rings. The number of unbranched alkanes of at least 4 members (excludes halogenated alkanes) is 1. The summed E-state index contributed by atoms with van der Waals surface area (Å²) in [6.07, 6.45) is 0.765. The maximum atomic E-state index is 9.50. The molecular formula is C12H27NO5. The SMILES string of the molecule is CCCCOCCOCC(O)CNCC(O)CO. The molecule has 0 bridgehead atoms. The van der Waals surface area contributed by atoms with Gasteiger partial charge in [-0.05, 0) is 6.42 Å². The van der Waals surface area contributed by atoms with Gasteiger partial charge in [0.2, 0.25) is 0 Å². The summed E-state index contributed by atoms with van der Waals surface area (Å²) in [5.41, 5.74) is 0. The van der Waals surface area contributed by atoms with E-state index in [1.54, 1.807) is 0 Å². The van der Waals surface area contributed by atoms with Gasteiger partial charge in [0.1, 0.15) is 0 Å². The summed E-state index contributed by atoms with van der Waals surface area (Å²) in [5.74, 6) is 0. The fourth-order valence-corrected chi connectivity index (χ4v) is 1.23. The number of hydrogen-bond acceptors (Lipinski definition) is 6. The molecule has 6 heteroatoms. The van der Waals surface area contributed by atoms with Crippen molar-refractivity contribution in [3.05, 3.63) is 0 Å². The Morgan fingerprint density at radius 2 is 1.67 bits per heavy atom. The summed E-state index contributed by atoms with van der Waals surface area (Å²) in [7, 11) is 0. The van der Waals surface area contributed by atoms with Gasteiger partial charge in [0.05, 0.1) is 38.6 Å². The fraction of sp³-hybridized carbons (Fsp3) is 1.00. The average Bonchev–Trinajstić information content (AvgIpc) is 2.37. The van der Waals surface area contributed by atoms with Crippen LogP contribution < -0.4 is 5.32 Å². The van der Waals surface area contributed by atoms with Crippen LogP contribution in [0.4, 0.5) is 0 Å². The molecule has 110 valence electrons. The van der Waals surface area contributed by atoms with Crippen LogP contribution in [0.5, 0.6) is 0 Å². The standard InChI is InChI=1S/C12H27NO5/c1-2-3-4-17-5-6-18-10-12(16)8-13-7-11(15)9-14/h11-16H,2-10H2,1H3. The van der Waals surface area contributed by atoms with Crippen molar-refractivity contribution in [1.29, 1.82) is 0 Å². The molecule has 0 aromatic carbocycles. The van der Waals surface area contributed by atoms with Gasteiger partial charge in [-0.25, -0.2) is 0 Å². The second-order valence-corrected chi connectivity index (χ2v) is 4.19. The van der Waals surface area contributed by atoms with Gasteiger partial charge in [-0.1, -0.05) is 13.3 Å². The van der Waals surface area contributed by atoms with Crippen LogP contribution in [0, 0.1) is 0 Å². The van der Waals surface area contributed by atoms with Crippen LogP contribution in [0.3, 0.4) is 0 Å². The lowest BCUT2D eigenvalue weighted by Gasteiger charge is -2.14. The predicted octanol–water partition coefficient (Wildman–Crippen LogP) is -0.877. The molecule has 0 radical (unpaired) electrons. The predicted molar refractivity (Wildman–Crippen MR) is 68.5 cm³/mol. The van der Waals surface area contributed by atoms with E-state index in [-0.39, 0.29) is 19.8 Å². The third kappa shape index (κ3) is 12.2. The van der Waals surface area contributed by atoms with E-state index in [9.17, 15) is 5.11 Å². The molecule has 0 spiro atoms. The van der Waals surface area contributed by atoms with Crippen molar-refractivity contribution in [2.45, 2.75) is 32.0 Å². The molecule has 6 nitrogen and oxygen atoms in total. The molecular weight excluding hydrogens is 238 g/mol. The Morgan fingerprint density at radius 3 is 2.33 bits per heavy atom. The van der Waals surface area contributed by atoms with Crippen LogP contribution in [0.1, 0.15) is 19.8 Å². The highest BCUT2D eigenvalue weighted by Crippen LogP contribution is 1.89. The van der Waals surface area contributed by atoms with E-state index in [2.05, 4.69) is 12.2 Å². The average molecular weight is 265 g/mol. The first-order valence-electron chi connectivity index (χ1n) is 6.53. The highest BCUT2D eigenvalue weighted by atomic mass is 16.5. The molecule has 2 unspecified atom stereocenters. The van der Waals surface area contributed by atoms with Gasteiger partial charge >= 0.3 is 0 Å². The van der Waals surface area contributed by atoms with Crippen molar-refractivity contribution in [1.82, 2.24) is 5.32 Å². The summed E-state index contributed by atoms with van der Waals surface area (Å²) >= 11 is 0. The highest BCUT2D eigenvalue weighted by molar-refractivity contribution is 4.62. The third-order valence-electron chi connectivity index (χ3n) is 2.30. The van der Waals surface area contributed by atoms with Crippen LogP contribution in [0.2, 0.25) is 0 Å². The van der Waals surface area contributed by atoms with Gasteiger partial charge in [-0.15, -0.1) is 0 Å². The van der Waals surface area contributed by atoms with Crippen molar-refractivity contribution in [2.75, 3.05) is 46.1 Å². The van der Waals surface area contributed by atoms with Crippen molar-refractivity contribution < 1.29 is 24.8 Å². The minimum Gasteiger partial charge on any atom is -0.394 e. The Balaban J connectivity index is 3.19. The number of rotatable bonds is 13. The summed E-state index contributed by atoms with van der Waals surface area (Å²) < 4.78 is 10.5. The minimum atomic E-state index is -0.787. The molecule has 0 aliphatic carbocycles. The molecule has 0 aliphatic heterocycles. The van der Waals surface area contributed by atoms with Gasteiger partial charge in [-0.3, -0.25) is 0 Å². The lowest BCUT2D eigenvalue weighted by Crippen LogP contribution is -2.36. The van der Waals surface area contributed by atoms with Crippen LogP contribution >= 0.6 is 0 Å². The van der Waals surface area contributed by atoms with E-state index in [0.717, 1.165) is 19.4 Å². The van der Waals surface area contributed by atoms with E-state index in [1.165, 1.54) is 0 Å². The Kier molecular flexibility index (Phi) is 13.0. The van der Waals surface area contributed by atoms with Crippen LogP contribution in [0.15, 0.2) is 0 Å². The second kappa shape index (κ2) is 13.2. The monoisotopic (exact) mass is 265 g/mol. The van der Waals surface area contributed by atoms with E-state index in [0.29, 0.717) is 19.8 Å². The van der Waals surface area contributed by atoms with Crippen LogP contribution in [-0.2, 0) is 9.47 Å². The van der Waals surface area contributed by atoms with Gasteiger partial charge in [0.15, 0.2) is 0 Å². The molecule has 0 fully saturated rings. The van der Waals surface area contributed by atoms with Crippen LogP contribution in [0.25, 0.3) is 0 Å². The third-order valence-corrected chi connectivity index (χ3v) is 2.30. The molecule has 0 rings (SSSR count). The molecule has 18 heavy (non-hydrogen) atoms. The normalized spacial score (nSPS) is 14.7. The minimum absolute atomic E-state index is 0.235. The molecule has 0 saturated carbocycles. The smallest absolute Gasteiger partial charge is 0.0897 e. The lowest BCUT2D eigenvalue weighted by molar-refractivity contribution is 0.00261. The second-order valence-electron chi connectivity index (χ2n) is 4.19. The quantitative estimate of drug-likeness (QED) is 0.323.